The smallest absolute Gasteiger partial charge is 0.255 e. The second kappa shape index (κ2) is 8.49. The molecule has 1 saturated carbocycles. The molecule has 1 aliphatic carbocycles. The Labute approximate surface area is 195 Å². The Hall–Kier alpha value is -4.02. The lowest BCUT2D eigenvalue weighted by Gasteiger charge is -2.16. The van der Waals surface area contributed by atoms with Crippen molar-refractivity contribution >= 4 is 23.2 Å². The lowest BCUT2D eigenvalue weighted by molar-refractivity contribution is 0.102. The first-order chi connectivity index (χ1) is 16.0. The van der Waals surface area contributed by atoms with Crippen molar-refractivity contribution in [3.8, 4) is 29.3 Å². The number of halogens is 1. The van der Waals surface area contributed by atoms with Crippen molar-refractivity contribution < 1.29 is 4.79 Å². The first-order valence-electron chi connectivity index (χ1n) is 10.4. The molecule has 33 heavy (non-hydrogen) atoms. The number of aromatic nitrogens is 5. The van der Waals surface area contributed by atoms with E-state index in [-0.39, 0.29) is 5.91 Å². The summed E-state index contributed by atoms with van der Waals surface area (Å²) in [4.78, 5) is 22.9. The molecule has 1 aromatic carbocycles. The van der Waals surface area contributed by atoms with Gasteiger partial charge < -0.3 is 5.32 Å². The van der Waals surface area contributed by atoms with Gasteiger partial charge in [0.05, 0.1) is 34.9 Å². The molecule has 1 fully saturated rings. The Balaban J connectivity index is 1.47. The van der Waals surface area contributed by atoms with Crippen LogP contribution in [0.4, 0.5) is 5.69 Å². The average molecular weight is 455 g/mol. The summed E-state index contributed by atoms with van der Waals surface area (Å²) in [7, 11) is 0. The maximum absolute atomic E-state index is 13.2. The van der Waals surface area contributed by atoms with Crippen LogP contribution >= 0.6 is 11.6 Å². The fraction of sp³-hybridized carbons (Fsp3) is 0.160. The molecule has 7 nitrogen and oxygen atoms in total. The first kappa shape index (κ1) is 20.9. The Kier molecular flexibility index (Phi) is 5.37. The van der Waals surface area contributed by atoms with Crippen molar-refractivity contribution in [1.29, 1.82) is 0 Å². The quantitative estimate of drug-likeness (QED) is 0.438. The van der Waals surface area contributed by atoms with E-state index in [2.05, 4.69) is 31.4 Å². The van der Waals surface area contributed by atoms with Gasteiger partial charge in [-0.05, 0) is 60.6 Å². The van der Waals surface area contributed by atoms with E-state index in [9.17, 15) is 4.79 Å². The van der Waals surface area contributed by atoms with E-state index in [0.717, 1.165) is 40.7 Å². The van der Waals surface area contributed by atoms with Crippen molar-refractivity contribution in [1.82, 2.24) is 25.0 Å². The number of hydrogen-bond donors (Lipinski definition) is 1. The van der Waals surface area contributed by atoms with Crippen LogP contribution in [-0.2, 0) is 0 Å². The van der Waals surface area contributed by atoms with E-state index in [1.807, 2.05) is 25.1 Å². The standard InChI is InChI=1S/C25H19ClN6O/c1-3-16-13-27-7-6-19(16)22-10-15(2)20(12-21(22)17-4-5-17)25(33)31-18-11-23(26)24(28-14-18)32-29-8-9-30-32/h1,6-14,17H,4-5H2,2H3,(H,31,33). The number of rotatable bonds is 5. The molecule has 3 heterocycles. The van der Waals surface area contributed by atoms with Gasteiger partial charge in [-0.25, -0.2) is 4.98 Å². The van der Waals surface area contributed by atoms with Crippen LogP contribution in [0, 0.1) is 19.3 Å². The number of carbonyl (C=O) groups is 1. The molecule has 0 radical (unpaired) electrons. The maximum atomic E-state index is 13.2. The second-order valence-corrected chi connectivity index (χ2v) is 8.30. The number of benzene rings is 1. The highest BCUT2D eigenvalue weighted by molar-refractivity contribution is 6.32. The Morgan fingerprint density at radius 2 is 1.94 bits per heavy atom. The van der Waals surface area contributed by atoms with Crippen LogP contribution in [0.1, 0.15) is 45.8 Å². The summed E-state index contributed by atoms with van der Waals surface area (Å²) in [6.07, 6.45) is 15.9. The lowest BCUT2D eigenvalue weighted by atomic mass is 9.90. The van der Waals surface area contributed by atoms with Crippen LogP contribution in [-0.4, -0.2) is 30.9 Å². The minimum absolute atomic E-state index is 0.226. The normalized spacial score (nSPS) is 12.9. The molecule has 0 atom stereocenters. The van der Waals surface area contributed by atoms with Gasteiger partial charge in [0.2, 0.25) is 0 Å². The van der Waals surface area contributed by atoms with Gasteiger partial charge in [0.25, 0.3) is 5.91 Å². The molecule has 0 aliphatic heterocycles. The minimum Gasteiger partial charge on any atom is -0.321 e. The van der Waals surface area contributed by atoms with Crippen LogP contribution in [0.3, 0.4) is 0 Å². The predicted octanol–water partition coefficient (Wildman–Crippen LogP) is 4.80. The van der Waals surface area contributed by atoms with Crippen molar-refractivity contribution in [2.24, 2.45) is 0 Å². The summed E-state index contributed by atoms with van der Waals surface area (Å²) in [6, 6.07) is 7.58. The topological polar surface area (TPSA) is 85.6 Å². The monoisotopic (exact) mass is 454 g/mol. The number of pyridine rings is 2. The molecular weight excluding hydrogens is 436 g/mol. The third-order valence-electron chi connectivity index (χ3n) is 5.61. The largest absolute Gasteiger partial charge is 0.321 e. The highest BCUT2D eigenvalue weighted by atomic mass is 35.5. The van der Waals surface area contributed by atoms with Gasteiger partial charge >= 0.3 is 0 Å². The van der Waals surface area contributed by atoms with Crippen LogP contribution in [0.5, 0.6) is 0 Å². The van der Waals surface area contributed by atoms with E-state index in [1.54, 1.807) is 18.5 Å². The fourth-order valence-electron chi connectivity index (χ4n) is 3.85. The van der Waals surface area contributed by atoms with E-state index in [4.69, 9.17) is 18.0 Å². The number of nitrogens with one attached hydrogen (secondary N) is 1. The molecule has 1 N–H and O–H groups in total. The fourth-order valence-corrected chi connectivity index (χ4v) is 4.09. The number of terminal acetylenes is 1. The predicted molar refractivity (Wildman–Crippen MR) is 126 cm³/mol. The van der Waals surface area contributed by atoms with Crippen LogP contribution in [0.15, 0.2) is 55.2 Å². The molecule has 5 rings (SSSR count). The molecule has 1 amide bonds. The van der Waals surface area contributed by atoms with Crippen LogP contribution in [0.25, 0.3) is 16.9 Å². The summed E-state index contributed by atoms with van der Waals surface area (Å²) in [5.74, 6) is 3.30. The number of carbonyl (C=O) groups excluding carboxylic acids is 1. The summed E-state index contributed by atoms with van der Waals surface area (Å²) in [5, 5.41) is 11.3. The van der Waals surface area contributed by atoms with Gasteiger partial charge in [0.1, 0.15) is 0 Å². The first-order valence-corrected chi connectivity index (χ1v) is 10.8. The zero-order valence-corrected chi connectivity index (χ0v) is 18.5. The van der Waals surface area contributed by atoms with E-state index in [0.29, 0.717) is 28.0 Å². The molecule has 0 bridgehead atoms. The molecule has 4 aromatic rings. The molecule has 1 aliphatic rings. The van der Waals surface area contributed by atoms with Gasteiger partial charge in [0, 0.05) is 23.5 Å². The van der Waals surface area contributed by atoms with Gasteiger partial charge in [0.15, 0.2) is 5.82 Å². The third kappa shape index (κ3) is 4.09. The summed E-state index contributed by atoms with van der Waals surface area (Å²) < 4.78 is 0. The lowest BCUT2D eigenvalue weighted by Crippen LogP contribution is -2.15. The van der Waals surface area contributed by atoms with Crippen molar-refractivity contribution in [2.45, 2.75) is 25.7 Å². The van der Waals surface area contributed by atoms with Crippen molar-refractivity contribution in [3.05, 3.63) is 82.5 Å². The molecule has 0 spiro atoms. The summed E-state index contributed by atoms with van der Waals surface area (Å²) >= 11 is 6.34. The Bertz CT molecular complexity index is 1400. The van der Waals surface area contributed by atoms with Gasteiger partial charge in [-0.15, -0.1) is 11.2 Å². The minimum atomic E-state index is -0.226. The zero-order chi connectivity index (χ0) is 22.9. The van der Waals surface area contributed by atoms with E-state index < -0.39 is 0 Å². The van der Waals surface area contributed by atoms with Gasteiger partial charge in [-0.2, -0.15) is 10.2 Å². The van der Waals surface area contributed by atoms with Crippen molar-refractivity contribution in [2.75, 3.05) is 5.32 Å². The third-order valence-corrected chi connectivity index (χ3v) is 5.89. The SMILES string of the molecule is C#Cc1cnccc1-c1cc(C)c(C(=O)Nc2cnc(-n3nccn3)c(Cl)c2)cc1C1CC1. The van der Waals surface area contributed by atoms with Crippen LogP contribution < -0.4 is 5.32 Å². The van der Waals surface area contributed by atoms with Crippen LogP contribution in [0.2, 0.25) is 5.02 Å². The number of amides is 1. The highest BCUT2D eigenvalue weighted by Gasteiger charge is 2.29. The average Bonchev–Trinajstić information content (AvgIpc) is 3.52. The number of anilines is 1. The summed E-state index contributed by atoms with van der Waals surface area (Å²) in [6.45, 7) is 1.92. The molecule has 162 valence electrons. The number of aryl methyl sites for hydroxylation is 1. The molecular formula is C25H19ClN6O. The maximum Gasteiger partial charge on any atom is 0.255 e. The number of nitrogens with zero attached hydrogens (tertiary/aromatic N) is 5. The molecule has 8 heteroatoms. The summed E-state index contributed by atoms with van der Waals surface area (Å²) in [5.41, 5.74) is 5.83. The molecule has 0 saturated heterocycles. The van der Waals surface area contributed by atoms with E-state index in [1.165, 1.54) is 23.4 Å². The Morgan fingerprint density at radius 3 is 2.64 bits per heavy atom. The second-order valence-electron chi connectivity index (χ2n) is 7.90. The molecule has 3 aromatic heterocycles. The Morgan fingerprint density at radius 1 is 1.15 bits per heavy atom. The number of hydrogen-bond acceptors (Lipinski definition) is 5. The van der Waals surface area contributed by atoms with Crippen molar-refractivity contribution in [3.63, 3.8) is 0 Å². The highest BCUT2D eigenvalue weighted by Crippen LogP contribution is 2.45. The van der Waals surface area contributed by atoms with E-state index >= 15 is 0 Å². The van der Waals surface area contributed by atoms with Gasteiger partial charge in [-0.1, -0.05) is 23.6 Å². The zero-order valence-electron chi connectivity index (χ0n) is 17.8. The molecule has 0 unspecified atom stereocenters. The van der Waals surface area contributed by atoms with Gasteiger partial charge in [-0.3, -0.25) is 9.78 Å².